The van der Waals surface area contributed by atoms with Gasteiger partial charge in [-0.2, -0.15) is 5.10 Å². The van der Waals surface area contributed by atoms with Crippen LogP contribution in [0.4, 0.5) is 0 Å². The second-order valence-electron chi connectivity index (χ2n) is 4.73. The Morgan fingerprint density at radius 2 is 2.11 bits per heavy atom. The number of hydrogen-bond donors (Lipinski definition) is 1. The summed E-state index contributed by atoms with van der Waals surface area (Å²) in [6.07, 6.45) is 4.81. The number of hydrogen-bond acceptors (Lipinski definition) is 3. The summed E-state index contributed by atoms with van der Waals surface area (Å²) < 4.78 is 2.07. The molecule has 0 saturated carbocycles. The van der Waals surface area contributed by atoms with Crippen LogP contribution in [-0.4, -0.2) is 21.3 Å². The molecule has 1 N–H and O–H groups in total. The van der Waals surface area contributed by atoms with E-state index in [0.717, 1.165) is 25.2 Å². The topological polar surface area (TPSA) is 42.7 Å². The van der Waals surface area contributed by atoms with Crippen LogP contribution in [0, 0.1) is 6.92 Å². The van der Waals surface area contributed by atoms with Gasteiger partial charge in [0.25, 0.3) is 0 Å². The van der Waals surface area contributed by atoms with Gasteiger partial charge in [-0.15, -0.1) is 0 Å². The van der Waals surface area contributed by atoms with Crippen molar-refractivity contribution in [3.63, 3.8) is 0 Å². The molecule has 0 amide bonds. The van der Waals surface area contributed by atoms with E-state index in [9.17, 15) is 0 Å². The lowest BCUT2D eigenvalue weighted by Gasteiger charge is -2.19. The fourth-order valence-corrected chi connectivity index (χ4v) is 2.27. The van der Waals surface area contributed by atoms with Crippen LogP contribution >= 0.6 is 0 Å². The summed E-state index contributed by atoms with van der Waals surface area (Å²) in [6.45, 7) is 8.22. The highest BCUT2D eigenvalue weighted by Crippen LogP contribution is 2.21. The molecule has 0 radical (unpaired) electrons. The van der Waals surface area contributed by atoms with Crippen LogP contribution in [0.1, 0.15) is 43.3 Å². The van der Waals surface area contributed by atoms with Gasteiger partial charge in [-0.05, 0) is 43.7 Å². The minimum Gasteiger partial charge on any atom is -0.304 e. The van der Waals surface area contributed by atoms with E-state index in [2.05, 4.69) is 53.0 Å². The van der Waals surface area contributed by atoms with Crippen LogP contribution < -0.4 is 5.32 Å². The lowest BCUT2D eigenvalue weighted by molar-refractivity contribution is 0.514. The molecule has 2 aromatic heterocycles. The number of pyridine rings is 1. The van der Waals surface area contributed by atoms with Gasteiger partial charge in [0.15, 0.2) is 0 Å². The van der Waals surface area contributed by atoms with Crippen LogP contribution in [0.2, 0.25) is 0 Å². The Balaban J connectivity index is 2.36. The average molecular weight is 258 g/mol. The maximum atomic E-state index is 4.51. The molecule has 19 heavy (non-hydrogen) atoms. The molecule has 102 valence electrons. The molecule has 0 fully saturated rings. The Hall–Kier alpha value is -1.68. The normalized spacial score (nSPS) is 12.6. The molecule has 0 aliphatic rings. The summed E-state index contributed by atoms with van der Waals surface area (Å²) in [4.78, 5) is 4.51. The summed E-state index contributed by atoms with van der Waals surface area (Å²) in [5.74, 6) is 0. The lowest BCUT2D eigenvalue weighted by atomic mass is 10.1. The van der Waals surface area contributed by atoms with E-state index in [1.807, 2.05) is 18.5 Å². The fraction of sp³-hybridized carbons (Fsp3) is 0.467. The van der Waals surface area contributed by atoms with Crippen LogP contribution in [0.15, 0.2) is 30.6 Å². The van der Waals surface area contributed by atoms with Gasteiger partial charge in [0.2, 0.25) is 0 Å². The first-order valence-corrected chi connectivity index (χ1v) is 6.93. The van der Waals surface area contributed by atoms with Gasteiger partial charge in [0.05, 0.1) is 17.4 Å². The molecule has 0 aliphatic heterocycles. The summed E-state index contributed by atoms with van der Waals surface area (Å²) in [5, 5.41) is 7.91. The standard InChI is InChI=1S/C15H22N4/c1-4-10-19-14(7-9-18-19)15(16-5-2)13-11-12(3)6-8-17-13/h6-9,11,15-16H,4-5,10H2,1-3H3. The van der Waals surface area contributed by atoms with Crippen molar-refractivity contribution < 1.29 is 0 Å². The van der Waals surface area contributed by atoms with E-state index in [0.29, 0.717) is 0 Å². The van der Waals surface area contributed by atoms with Crippen molar-refractivity contribution in [1.82, 2.24) is 20.1 Å². The highest BCUT2D eigenvalue weighted by atomic mass is 15.3. The van der Waals surface area contributed by atoms with E-state index in [4.69, 9.17) is 0 Å². The summed E-state index contributed by atoms with van der Waals surface area (Å²) >= 11 is 0. The SMILES string of the molecule is CCCn1nccc1C(NCC)c1cc(C)ccn1. The molecule has 2 heterocycles. The summed E-state index contributed by atoms with van der Waals surface area (Å²) in [6, 6.07) is 6.35. The van der Waals surface area contributed by atoms with E-state index >= 15 is 0 Å². The predicted molar refractivity (Wildman–Crippen MR) is 77.0 cm³/mol. The molecule has 4 nitrogen and oxygen atoms in total. The molecule has 2 rings (SSSR count). The largest absolute Gasteiger partial charge is 0.304 e. The molecular weight excluding hydrogens is 236 g/mol. The summed E-state index contributed by atoms with van der Waals surface area (Å²) in [5.41, 5.74) is 3.47. The number of aromatic nitrogens is 3. The number of rotatable bonds is 6. The summed E-state index contributed by atoms with van der Waals surface area (Å²) in [7, 11) is 0. The molecule has 2 aromatic rings. The van der Waals surface area contributed by atoms with E-state index < -0.39 is 0 Å². The molecule has 0 aliphatic carbocycles. The monoisotopic (exact) mass is 258 g/mol. The zero-order valence-electron chi connectivity index (χ0n) is 11.9. The van der Waals surface area contributed by atoms with Crippen molar-refractivity contribution in [1.29, 1.82) is 0 Å². The van der Waals surface area contributed by atoms with Gasteiger partial charge in [-0.1, -0.05) is 13.8 Å². The molecular formula is C15H22N4. The van der Waals surface area contributed by atoms with E-state index in [-0.39, 0.29) is 6.04 Å². The Morgan fingerprint density at radius 3 is 2.79 bits per heavy atom. The second kappa shape index (κ2) is 6.48. The maximum Gasteiger partial charge on any atom is 0.0921 e. The quantitative estimate of drug-likeness (QED) is 0.866. The van der Waals surface area contributed by atoms with Gasteiger partial charge in [-0.25, -0.2) is 0 Å². The molecule has 0 spiro atoms. The Bertz CT molecular complexity index is 518. The van der Waals surface area contributed by atoms with Crippen LogP contribution in [0.25, 0.3) is 0 Å². The zero-order valence-corrected chi connectivity index (χ0v) is 11.9. The van der Waals surface area contributed by atoms with Gasteiger partial charge in [0.1, 0.15) is 0 Å². The predicted octanol–water partition coefficient (Wildman–Crippen LogP) is 2.70. The first-order chi connectivity index (χ1) is 9.26. The molecule has 1 unspecified atom stereocenters. The number of nitrogens with one attached hydrogen (secondary N) is 1. The third kappa shape index (κ3) is 3.20. The van der Waals surface area contributed by atoms with Crippen molar-refractivity contribution >= 4 is 0 Å². The molecule has 0 aromatic carbocycles. The molecule has 0 bridgehead atoms. The Morgan fingerprint density at radius 1 is 1.26 bits per heavy atom. The Labute approximate surface area is 114 Å². The van der Waals surface area contributed by atoms with E-state index in [1.54, 1.807) is 0 Å². The van der Waals surface area contributed by atoms with Gasteiger partial charge in [0, 0.05) is 18.9 Å². The number of nitrogens with zero attached hydrogens (tertiary/aromatic N) is 3. The second-order valence-corrected chi connectivity index (χ2v) is 4.73. The third-order valence-corrected chi connectivity index (χ3v) is 3.12. The van der Waals surface area contributed by atoms with Gasteiger partial charge in [-0.3, -0.25) is 9.67 Å². The third-order valence-electron chi connectivity index (χ3n) is 3.12. The number of aryl methyl sites for hydroxylation is 2. The van der Waals surface area contributed by atoms with Crippen LogP contribution in [0.3, 0.4) is 0 Å². The molecule has 0 saturated heterocycles. The average Bonchev–Trinajstić information content (AvgIpc) is 2.84. The maximum absolute atomic E-state index is 4.51. The minimum absolute atomic E-state index is 0.110. The lowest BCUT2D eigenvalue weighted by Crippen LogP contribution is -2.25. The molecule has 4 heteroatoms. The molecule has 1 atom stereocenters. The minimum atomic E-state index is 0.110. The van der Waals surface area contributed by atoms with Gasteiger partial charge < -0.3 is 5.32 Å². The van der Waals surface area contributed by atoms with Crippen LogP contribution in [0.5, 0.6) is 0 Å². The van der Waals surface area contributed by atoms with Crippen molar-refractivity contribution in [3.8, 4) is 0 Å². The highest BCUT2D eigenvalue weighted by molar-refractivity contribution is 5.25. The highest BCUT2D eigenvalue weighted by Gasteiger charge is 2.18. The fourth-order valence-electron chi connectivity index (χ4n) is 2.27. The zero-order chi connectivity index (χ0) is 13.7. The smallest absolute Gasteiger partial charge is 0.0921 e. The van der Waals surface area contributed by atoms with Crippen molar-refractivity contribution in [2.45, 2.75) is 39.8 Å². The van der Waals surface area contributed by atoms with Crippen molar-refractivity contribution in [3.05, 3.63) is 47.5 Å². The Kier molecular flexibility index (Phi) is 4.68. The van der Waals surface area contributed by atoms with Crippen LogP contribution in [-0.2, 0) is 6.54 Å². The van der Waals surface area contributed by atoms with Crippen molar-refractivity contribution in [2.24, 2.45) is 0 Å². The van der Waals surface area contributed by atoms with Gasteiger partial charge >= 0.3 is 0 Å². The van der Waals surface area contributed by atoms with E-state index in [1.165, 1.54) is 11.3 Å². The first-order valence-electron chi connectivity index (χ1n) is 6.93. The first kappa shape index (κ1) is 13.7. The van der Waals surface area contributed by atoms with Crippen molar-refractivity contribution in [2.75, 3.05) is 6.54 Å².